The molecule has 3 heterocycles. The Balaban J connectivity index is 2.00. The van der Waals surface area contributed by atoms with Gasteiger partial charge in [-0.1, -0.05) is 0 Å². The number of hydrogen-bond donors (Lipinski definition) is 2. The van der Waals surface area contributed by atoms with E-state index in [-0.39, 0.29) is 11.6 Å². The molecule has 0 saturated carbocycles. The van der Waals surface area contributed by atoms with Crippen molar-refractivity contribution in [2.75, 3.05) is 0 Å². The number of carbonyl (C=O) groups excluding carboxylic acids is 1. The van der Waals surface area contributed by atoms with Crippen molar-refractivity contribution >= 4 is 11.9 Å². The fourth-order valence-electron chi connectivity index (χ4n) is 2.03. The smallest absolute Gasteiger partial charge is 0.325 e. The maximum absolute atomic E-state index is 12.9. The molecule has 0 spiro atoms. The number of nitrogens with zero attached hydrogens (tertiary/aromatic N) is 6. The van der Waals surface area contributed by atoms with Gasteiger partial charge in [0.25, 0.3) is 11.9 Å². The minimum Gasteiger partial charge on any atom is -0.480 e. The topological polar surface area (TPSA) is 142 Å². The standard InChI is InChI=1S/C13H10FN7O3/c14-8-2-16-13(17-3-8)21-4-7(1-18-21)9-5-20(6-10(22)23)19-11(9)12(15)24/h1-5H,6H2,(H2,15,24)(H,22,23). The summed E-state index contributed by atoms with van der Waals surface area (Å²) in [6.07, 6.45) is 6.25. The maximum atomic E-state index is 12.9. The van der Waals surface area contributed by atoms with E-state index in [1.807, 2.05) is 0 Å². The molecule has 0 aliphatic heterocycles. The van der Waals surface area contributed by atoms with Gasteiger partial charge in [-0.05, 0) is 0 Å². The van der Waals surface area contributed by atoms with Crippen LogP contribution >= 0.6 is 0 Å². The SMILES string of the molecule is NC(=O)c1nn(CC(=O)O)cc1-c1cnn(-c2ncc(F)cn2)c1. The molecule has 122 valence electrons. The van der Waals surface area contributed by atoms with Gasteiger partial charge in [-0.15, -0.1) is 0 Å². The summed E-state index contributed by atoms with van der Waals surface area (Å²) in [7, 11) is 0. The summed E-state index contributed by atoms with van der Waals surface area (Å²) >= 11 is 0. The third-order valence-corrected chi connectivity index (χ3v) is 3.00. The van der Waals surface area contributed by atoms with Gasteiger partial charge < -0.3 is 10.8 Å². The molecule has 0 aliphatic carbocycles. The van der Waals surface area contributed by atoms with Crippen LogP contribution in [0.15, 0.2) is 31.0 Å². The summed E-state index contributed by atoms with van der Waals surface area (Å²) in [4.78, 5) is 29.8. The van der Waals surface area contributed by atoms with Crippen molar-refractivity contribution in [1.82, 2.24) is 29.5 Å². The van der Waals surface area contributed by atoms with Gasteiger partial charge in [0, 0.05) is 23.5 Å². The number of primary amides is 1. The van der Waals surface area contributed by atoms with Crippen molar-refractivity contribution in [3.05, 3.63) is 42.5 Å². The molecule has 3 N–H and O–H groups in total. The zero-order valence-corrected chi connectivity index (χ0v) is 12.0. The van der Waals surface area contributed by atoms with Crippen LogP contribution in [0.5, 0.6) is 0 Å². The lowest BCUT2D eigenvalue weighted by molar-refractivity contribution is -0.137. The Bertz CT molecular complexity index is 916. The molecule has 3 aromatic heterocycles. The molecule has 0 aliphatic rings. The van der Waals surface area contributed by atoms with E-state index in [1.54, 1.807) is 0 Å². The number of aliphatic carboxylic acids is 1. The fourth-order valence-corrected chi connectivity index (χ4v) is 2.03. The first-order valence-corrected chi connectivity index (χ1v) is 6.56. The van der Waals surface area contributed by atoms with Crippen molar-refractivity contribution in [3.8, 4) is 17.1 Å². The minimum atomic E-state index is -1.12. The van der Waals surface area contributed by atoms with E-state index in [0.29, 0.717) is 11.1 Å². The molecule has 0 radical (unpaired) electrons. The van der Waals surface area contributed by atoms with Gasteiger partial charge in [-0.25, -0.2) is 19.0 Å². The van der Waals surface area contributed by atoms with Crippen molar-refractivity contribution in [2.45, 2.75) is 6.54 Å². The lowest BCUT2D eigenvalue weighted by Gasteiger charge is -1.97. The molecular weight excluding hydrogens is 321 g/mol. The molecule has 10 nitrogen and oxygen atoms in total. The van der Waals surface area contributed by atoms with E-state index in [9.17, 15) is 14.0 Å². The van der Waals surface area contributed by atoms with Crippen LogP contribution in [-0.2, 0) is 11.3 Å². The van der Waals surface area contributed by atoms with Gasteiger partial charge in [0.15, 0.2) is 11.5 Å². The Hall–Kier alpha value is -3.63. The van der Waals surface area contributed by atoms with Crippen LogP contribution in [0, 0.1) is 5.82 Å². The lowest BCUT2D eigenvalue weighted by Crippen LogP contribution is -2.15. The Morgan fingerprint density at radius 3 is 2.54 bits per heavy atom. The van der Waals surface area contributed by atoms with E-state index in [4.69, 9.17) is 10.8 Å². The highest BCUT2D eigenvalue weighted by molar-refractivity contribution is 5.97. The number of carboxylic acids is 1. The second-order valence-corrected chi connectivity index (χ2v) is 4.72. The first-order chi connectivity index (χ1) is 11.4. The lowest BCUT2D eigenvalue weighted by atomic mass is 10.1. The van der Waals surface area contributed by atoms with Crippen LogP contribution in [0.3, 0.4) is 0 Å². The van der Waals surface area contributed by atoms with E-state index in [1.165, 1.54) is 23.3 Å². The summed E-state index contributed by atoms with van der Waals surface area (Å²) < 4.78 is 15.2. The van der Waals surface area contributed by atoms with Gasteiger partial charge in [0.1, 0.15) is 6.54 Å². The van der Waals surface area contributed by atoms with Crippen LogP contribution in [0.25, 0.3) is 17.1 Å². The molecule has 0 aromatic carbocycles. The molecule has 0 bridgehead atoms. The molecule has 0 fully saturated rings. The molecule has 3 rings (SSSR count). The summed E-state index contributed by atoms with van der Waals surface area (Å²) in [5.41, 5.74) is 5.96. The molecule has 0 atom stereocenters. The number of aromatic nitrogens is 6. The maximum Gasteiger partial charge on any atom is 0.325 e. The quantitative estimate of drug-likeness (QED) is 0.662. The number of hydrogen-bond acceptors (Lipinski definition) is 6. The van der Waals surface area contributed by atoms with E-state index >= 15 is 0 Å². The van der Waals surface area contributed by atoms with Crippen molar-refractivity contribution in [3.63, 3.8) is 0 Å². The van der Waals surface area contributed by atoms with Crippen LogP contribution in [0.1, 0.15) is 10.5 Å². The summed E-state index contributed by atoms with van der Waals surface area (Å²) in [6.45, 7) is -0.421. The summed E-state index contributed by atoms with van der Waals surface area (Å²) in [6, 6.07) is 0. The van der Waals surface area contributed by atoms with E-state index < -0.39 is 24.2 Å². The van der Waals surface area contributed by atoms with Gasteiger partial charge in [-0.2, -0.15) is 10.2 Å². The van der Waals surface area contributed by atoms with E-state index in [0.717, 1.165) is 17.1 Å². The monoisotopic (exact) mass is 331 g/mol. The molecule has 1 amide bonds. The number of nitrogens with two attached hydrogens (primary N) is 1. The third-order valence-electron chi connectivity index (χ3n) is 3.00. The Kier molecular flexibility index (Phi) is 3.74. The number of carboxylic acid groups (broad SMARTS) is 1. The second-order valence-electron chi connectivity index (χ2n) is 4.72. The third kappa shape index (κ3) is 2.95. The van der Waals surface area contributed by atoms with Crippen molar-refractivity contribution < 1.29 is 19.1 Å². The number of carbonyl (C=O) groups is 2. The zero-order valence-electron chi connectivity index (χ0n) is 12.0. The Labute approximate surface area is 133 Å². The van der Waals surface area contributed by atoms with E-state index in [2.05, 4.69) is 20.2 Å². The first kappa shape index (κ1) is 15.3. The fraction of sp³-hybridized carbons (Fsp3) is 0.0769. The minimum absolute atomic E-state index is 0.0872. The molecule has 0 saturated heterocycles. The number of rotatable bonds is 5. The molecular formula is C13H10FN7O3. The van der Waals surface area contributed by atoms with Gasteiger partial charge in [0.2, 0.25) is 0 Å². The Morgan fingerprint density at radius 2 is 1.92 bits per heavy atom. The van der Waals surface area contributed by atoms with Crippen molar-refractivity contribution in [1.29, 1.82) is 0 Å². The molecule has 3 aromatic rings. The largest absolute Gasteiger partial charge is 0.480 e. The van der Waals surface area contributed by atoms with Crippen LogP contribution < -0.4 is 5.73 Å². The highest BCUT2D eigenvalue weighted by Crippen LogP contribution is 2.23. The Morgan fingerprint density at radius 1 is 1.21 bits per heavy atom. The van der Waals surface area contributed by atoms with Gasteiger partial charge in [0.05, 0.1) is 18.6 Å². The highest BCUT2D eigenvalue weighted by Gasteiger charge is 2.18. The molecule has 24 heavy (non-hydrogen) atoms. The van der Waals surface area contributed by atoms with Crippen LogP contribution in [0.2, 0.25) is 0 Å². The average Bonchev–Trinajstić information content (AvgIpc) is 3.14. The first-order valence-electron chi connectivity index (χ1n) is 6.56. The van der Waals surface area contributed by atoms with Gasteiger partial charge in [-0.3, -0.25) is 14.3 Å². The van der Waals surface area contributed by atoms with Crippen LogP contribution in [0.4, 0.5) is 4.39 Å². The zero-order chi connectivity index (χ0) is 17.3. The summed E-state index contributed by atoms with van der Waals surface area (Å²) in [5, 5.41) is 16.7. The van der Waals surface area contributed by atoms with Crippen LogP contribution in [-0.4, -0.2) is 46.5 Å². The normalized spacial score (nSPS) is 10.7. The predicted molar refractivity (Wildman–Crippen MR) is 76.5 cm³/mol. The number of amides is 1. The predicted octanol–water partition coefficient (Wildman–Crippen LogP) is -0.152. The molecule has 0 unspecified atom stereocenters. The second kappa shape index (κ2) is 5.87. The molecule has 11 heteroatoms. The highest BCUT2D eigenvalue weighted by atomic mass is 19.1. The number of halogens is 1. The van der Waals surface area contributed by atoms with Gasteiger partial charge >= 0.3 is 5.97 Å². The summed E-state index contributed by atoms with van der Waals surface area (Å²) in [5.74, 6) is -2.38. The average molecular weight is 331 g/mol. The van der Waals surface area contributed by atoms with Crippen molar-refractivity contribution in [2.24, 2.45) is 5.73 Å².